The number of hydrogen-bond acceptors (Lipinski definition) is 5. The van der Waals surface area contributed by atoms with Crippen LogP contribution in [0.5, 0.6) is 5.75 Å². The number of fused-ring (bicyclic) bond motifs is 1. The maximum atomic E-state index is 14.1. The van der Waals surface area contributed by atoms with Gasteiger partial charge in [-0.2, -0.15) is 0 Å². The van der Waals surface area contributed by atoms with Gasteiger partial charge in [0, 0.05) is 19.3 Å². The van der Waals surface area contributed by atoms with Crippen molar-refractivity contribution < 1.29 is 33.0 Å². The van der Waals surface area contributed by atoms with Crippen LogP contribution in [-0.4, -0.2) is 56.7 Å². The number of carboxylic acid groups (broad SMARTS) is 1. The fourth-order valence-electron chi connectivity index (χ4n) is 4.34. The van der Waals surface area contributed by atoms with E-state index in [0.29, 0.717) is 5.69 Å². The molecule has 2 heterocycles. The largest absolute Gasteiger partial charge is 0.485 e. The minimum atomic E-state index is -1.13. The second-order valence-electron chi connectivity index (χ2n) is 9.80. The number of benzene rings is 2. The number of nitrogens with zero attached hydrogens (tertiary/aromatic N) is 3. The van der Waals surface area contributed by atoms with E-state index in [1.807, 2.05) is 44.2 Å². The summed E-state index contributed by atoms with van der Waals surface area (Å²) in [6.07, 6.45) is 0.356. The number of imidazole rings is 1. The van der Waals surface area contributed by atoms with Crippen molar-refractivity contribution in [2.75, 3.05) is 13.2 Å². The molecule has 2 amide bonds. The number of ether oxygens (including phenoxy) is 2. The second-order valence-corrected chi connectivity index (χ2v) is 9.80. The van der Waals surface area contributed by atoms with Gasteiger partial charge in [0.05, 0.1) is 30.0 Å². The lowest BCUT2D eigenvalue weighted by Crippen LogP contribution is -2.48. The van der Waals surface area contributed by atoms with Gasteiger partial charge in [-0.25, -0.2) is 18.6 Å². The highest BCUT2D eigenvalue weighted by atomic mass is 19.1. The number of aryl methyl sites for hydroxylation is 1. The summed E-state index contributed by atoms with van der Waals surface area (Å²) in [5, 5.41) is 12.8. The average Bonchev–Trinajstić information content (AvgIpc) is 3.28. The van der Waals surface area contributed by atoms with Gasteiger partial charge in [0.15, 0.2) is 11.4 Å². The number of halogens is 2. The van der Waals surface area contributed by atoms with Crippen molar-refractivity contribution in [2.24, 2.45) is 0 Å². The van der Waals surface area contributed by atoms with Crippen LogP contribution >= 0.6 is 0 Å². The standard InChI is InChI=1S/C30H32F2N4O5/c1-19(2)40-17-22(16-35(30(38)39)15-21-9-5-4-6-10-21)34-29(37)27-20(3)33-28-26(13-8-14-36(27)28)41-18-23-24(31)11-7-12-25(23)32/h4-14,19,22H,15-18H2,1-3H3,(H,34,37)(H,38,39). The Morgan fingerprint density at radius 3 is 2.41 bits per heavy atom. The fraction of sp³-hybridized carbons (Fsp3) is 0.300. The van der Waals surface area contributed by atoms with Crippen molar-refractivity contribution in [3.8, 4) is 5.75 Å². The molecule has 0 aliphatic rings. The van der Waals surface area contributed by atoms with Crippen LogP contribution in [0.1, 0.15) is 41.2 Å². The van der Waals surface area contributed by atoms with E-state index in [1.165, 1.54) is 15.4 Å². The van der Waals surface area contributed by atoms with Gasteiger partial charge in [-0.1, -0.05) is 36.4 Å². The van der Waals surface area contributed by atoms with E-state index in [4.69, 9.17) is 9.47 Å². The Morgan fingerprint density at radius 1 is 1.05 bits per heavy atom. The fourth-order valence-corrected chi connectivity index (χ4v) is 4.34. The SMILES string of the molecule is Cc1nc2c(OCc3c(F)cccc3F)cccn2c1C(=O)NC(COC(C)C)CN(Cc1ccccc1)C(=O)O. The molecule has 11 heteroatoms. The summed E-state index contributed by atoms with van der Waals surface area (Å²) in [5.41, 5.74) is 1.48. The molecule has 0 spiro atoms. The third-order valence-corrected chi connectivity index (χ3v) is 6.33. The van der Waals surface area contributed by atoms with E-state index < -0.39 is 29.7 Å². The number of carbonyl (C=O) groups is 2. The molecular weight excluding hydrogens is 534 g/mol. The van der Waals surface area contributed by atoms with Gasteiger partial charge < -0.3 is 24.8 Å². The molecule has 0 bridgehead atoms. The molecule has 0 saturated carbocycles. The Hall–Kier alpha value is -4.51. The molecule has 4 aromatic rings. The molecule has 2 N–H and O–H groups in total. The minimum Gasteiger partial charge on any atom is -0.485 e. The number of hydrogen-bond donors (Lipinski definition) is 2. The highest BCUT2D eigenvalue weighted by Gasteiger charge is 2.25. The van der Waals surface area contributed by atoms with Gasteiger partial charge in [-0.15, -0.1) is 0 Å². The molecule has 0 fully saturated rings. The Bertz CT molecular complexity index is 1490. The van der Waals surface area contributed by atoms with Crippen LogP contribution in [0.3, 0.4) is 0 Å². The normalized spacial score (nSPS) is 12.0. The highest BCUT2D eigenvalue weighted by Crippen LogP contribution is 2.24. The number of aromatic nitrogens is 2. The van der Waals surface area contributed by atoms with Crippen molar-refractivity contribution in [3.63, 3.8) is 0 Å². The molecule has 216 valence electrons. The van der Waals surface area contributed by atoms with Crippen molar-refractivity contribution in [1.82, 2.24) is 19.6 Å². The average molecular weight is 567 g/mol. The van der Waals surface area contributed by atoms with Crippen molar-refractivity contribution in [1.29, 1.82) is 0 Å². The van der Waals surface area contributed by atoms with Crippen LogP contribution < -0.4 is 10.1 Å². The molecule has 2 aromatic carbocycles. The topological polar surface area (TPSA) is 105 Å². The first-order chi connectivity index (χ1) is 19.6. The minimum absolute atomic E-state index is 0.0129. The second kappa shape index (κ2) is 13.2. The number of amides is 2. The van der Waals surface area contributed by atoms with Crippen LogP contribution in [0.2, 0.25) is 0 Å². The monoisotopic (exact) mass is 566 g/mol. The van der Waals surface area contributed by atoms with E-state index in [1.54, 1.807) is 25.3 Å². The predicted molar refractivity (Wildman–Crippen MR) is 148 cm³/mol. The van der Waals surface area contributed by atoms with E-state index in [9.17, 15) is 23.5 Å². The van der Waals surface area contributed by atoms with Gasteiger partial charge in [0.2, 0.25) is 0 Å². The summed E-state index contributed by atoms with van der Waals surface area (Å²) in [4.78, 5) is 31.3. The molecule has 4 rings (SSSR count). The first-order valence-corrected chi connectivity index (χ1v) is 13.1. The zero-order valence-corrected chi connectivity index (χ0v) is 23.0. The zero-order chi connectivity index (χ0) is 29.5. The summed E-state index contributed by atoms with van der Waals surface area (Å²) in [7, 11) is 0. The lowest BCUT2D eigenvalue weighted by molar-refractivity contribution is 0.0478. The lowest BCUT2D eigenvalue weighted by atomic mass is 10.2. The molecule has 0 aliphatic heterocycles. The summed E-state index contributed by atoms with van der Waals surface area (Å²) < 4.78 is 41.2. The van der Waals surface area contributed by atoms with Crippen molar-refractivity contribution in [2.45, 2.75) is 46.1 Å². The van der Waals surface area contributed by atoms with Crippen molar-refractivity contribution >= 4 is 17.6 Å². The number of rotatable bonds is 12. The third-order valence-electron chi connectivity index (χ3n) is 6.33. The Kier molecular flexibility index (Phi) is 9.51. The Morgan fingerprint density at radius 2 is 1.76 bits per heavy atom. The molecule has 2 aromatic heterocycles. The molecule has 41 heavy (non-hydrogen) atoms. The summed E-state index contributed by atoms with van der Waals surface area (Å²) in [6, 6.07) is 15.3. The molecule has 0 saturated heterocycles. The van der Waals surface area contributed by atoms with Crippen LogP contribution in [0.15, 0.2) is 66.9 Å². The van der Waals surface area contributed by atoms with Gasteiger partial charge in [0.1, 0.15) is 23.9 Å². The molecule has 1 unspecified atom stereocenters. The maximum absolute atomic E-state index is 14.1. The number of nitrogens with one attached hydrogen (secondary N) is 1. The lowest BCUT2D eigenvalue weighted by Gasteiger charge is -2.27. The quantitative estimate of drug-likeness (QED) is 0.244. The zero-order valence-electron chi connectivity index (χ0n) is 23.0. The van der Waals surface area contributed by atoms with Crippen molar-refractivity contribution in [3.05, 3.63) is 101 Å². The molecular formula is C30H32F2N4O5. The molecule has 9 nitrogen and oxygen atoms in total. The molecule has 1 atom stereocenters. The molecule has 0 aliphatic carbocycles. The third kappa shape index (κ3) is 7.37. The smallest absolute Gasteiger partial charge is 0.407 e. The van der Waals surface area contributed by atoms with Gasteiger partial charge in [-0.05, 0) is 50.6 Å². The summed E-state index contributed by atoms with van der Waals surface area (Å²) in [6.45, 7) is 5.19. The number of pyridine rings is 1. The van der Waals surface area contributed by atoms with Crippen LogP contribution in [-0.2, 0) is 17.9 Å². The van der Waals surface area contributed by atoms with Crippen LogP contribution in [0.4, 0.5) is 13.6 Å². The highest BCUT2D eigenvalue weighted by molar-refractivity contribution is 5.95. The maximum Gasteiger partial charge on any atom is 0.407 e. The van der Waals surface area contributed by atoms with Crippen LogP contribution in [0.25, 0.3) is 5.65 Å². The van der Waals surface area contributed by atoms with Gasteiger partial charge >= 0.3 is 6.09 Å². The van der Waals surface area contributed by atoms with E-state index in [-0.39, 0.29) is 55.1 Å². The molecule has 0 radical (unpaired) electrons. The van der Waals surface area contributed by atoms with Crippen LogP contribution in [0, 0.1) is 18.6 Å². The van der Waals surface area contributed by atoms with Gasteiger partial charge in [0.25, 0.3) is 5.91 Å². The Labute approximate surface area is 236 Å². The summed E-state index contributed by atoms with van der Waals surface area (Å²) in [5.74, 6) is -1.71. The van der Waals surface area contributed by atoms with E-state index >= 15 is 0 Å². The number of carbonyl (C=O) groups excluding carboxylic acids is 1. The first-order valence-electron chi connectivity index (χ1n) is 13.1. The van der Waals surface area contributed by atoms with E-state index in [2.05, 4.69) is 10.3 Å². The first kappa shape index (κ1) is 29.5. The predicted octanol–water partition coefficient (Wildman–Crippen LogP) is 5.20. The van der Waals surface area contributed by atoms with Gasteiger partial charge in [-0.3, -0.25) is 9.20 Å². The van der Waals surface area contributed by atoms with E-state index in [0.717, 1.165) is 17.7 Å². The summed E-state index contributed by atoms with van der Waals surface area (Å²) >= 11 is 0. The Balaban J connectivity index is 1.56.